The molecule has 8 heteroatoms. The Morgan fingerprint density at radius 3 is 2.71 bits per heavy atom. The SMILES string of the molecule is Cc1ccsc1CNC(=O)c1cc(Cl)c(Cl)c([N+](=O)[O-])c1. The molecule has 0 bridgehead atoms. The standard InChI is InChI=1S/C13H10Cl2N2O3S/c1-7-2-3-21-11(7)6-16-13(18)8-4-9(14)12(15)10(5-8)17(19)20/h2-5H,6H2,1H3,(H,16,18). The van der Waals surface area contributed by atoms with Crippen LogP contribution >= 0.6 is 34.5 Å². The maximum atomic E-state index is 12.1. The van der Waals surface area contributed by atoms with Crippen molar-refractivity contribution in [3.8, 4) is 0 Å². The molecule has 21 heavy (non-hydrogen) atoms. The lowest BCUT2D eigenvalue weighted by molar-refractivity contribution is -0.384. The van der Waals surface area contributed by atoms with Crippen molar-refractivity contribution in [1.29, 1.82) is 0 Å². The molecule has 5 nitrogen and oxygen atoms in total. The van der Waals surface area contributed by atoms with Crippen LogP contribution < -0.4 is 5.32 Å². The molecule has 1 aromatic carbocycles. The summed E-state index contributed by atoms with van der Waals surface area (Å²) >= 11 is 13.1. The van der Waals surface area contributed by atoms with Gasteiger partial charge in [-0.05, 0) is 30.0 Å². The van der Waals surface area contributed by atoms with Crippen LogP contribution in [0.15, 0.2) is 23.6 Å². The zero-order chi connectivity index (χ0) is 15.6. The van der Waals surface area contributed by atoms with Crippen LogP contribution in [0.4, 0.5) is 5.69 Å². The summed E-state index contributed by atoms with van der Waals surface area (Å²) in [5.41, 5.74) is 0.798. The van der Waals surface area contributed by atoms with E-state index in [1.807, 2.05) is 18.4 Å². The fraction of sp³-hybridized carbons (Fsp3) is 0.154. The number of rotatable bonds is 4. The van der Waals surface area contributed by atoms with Gasteiger partial charge < -0.3 is 5.32 Å². The minimum atomic E-state index is -0.672. The second-order valence-electron chi connectivity index (χ2n) is 4.26. The third kappa shape index (κ3) is 3.53. The topological polar surface area (TPSA) is 72.2 Å². The van der Waals surface area contributed by atoms with E-state index < -0.39 is 10.8 Å². The van der Waals surface area contributed by atoms with Crippen molar-refractivity contribution in [3.05, 3.63) is 59.7 Å². The van der Waals surface area contributed by atoms with Crippen molar-refractivity contribution in [3.63, 3.8) is 0 Å². The smallest absolute Gasteiger partial charge is 0.290 e. The zero-order valence-electron chi connectivity index (χ0n) is 10.9. The normalized spacial score (nSPS) is 10.4. The van der Waals surface area contributed by atoms with E-state index in [0.29, 0.717) is 6.54 Å². The number of nitro groups is 1. The summed E-state index contributed by atoms with van der Waals surface area (Å²) in [4.78, 5) is 23.3. The Morgan fingerprint density at radius 2 is 2.14 bits per heavy atom. The van der Waals surface area contributed by atoms with Gasteiger partial charge in [0.05, 0.1) is 16.5 Å². The molecule has 0 radical (unpaired) electrons. The van der Waals surface area contributed by atoms with Gasteiger partial charge in [0.2, 0.25) is 0 Å². The quantitative estimate of drug-likeness (QED) is 0.667. The monoisotopic (exact) mass is 344 g/mol. The number of nitrogens with zero attached hydrogens (tertiary/aromatic N) is 1. The summed E-state index contributed by atoms with van der Waals surface area (Å²) in [5, 5.41) is 15.3. The molecular weight excluding hydrogens is 335 g/mol. The Hall–Kier alpha value is -1.63. The maximum Gasteiger partial charge on any atom is 0.290 e. The van der Waals surface area contributed by atoms with Crippen LogP contribution in [-0.4, -0.2) is 10.8 Å². The van der Waals surface area contributed by atoms with E-state index in [1.54, 1.807) is 0 Å². The van der Waals surface area contributed by atoms with Crippen molar-refractivity contribution >= 4 is 46.1 Å². The third-order valence-corrected chi connectivity index (χ3v) is 4.66. The Bertz CT molecular complexity index is 715. The van der Waals surface area contributed by atoms with E-state index >= 15 is 0 Å². The highest BCUT2D eigenvalue weighted by atomic mass is 35.5. The number of hydrogen-bond donors (Lipinski definition) is 1. The first-order valence-corrected chi connectivity index (χ1v) is 7.48. The first-order chi connectivity index (χ1) is 9.90. The molecule has 1 heterocycles. The summed E-state index contributed by atoms with van der Waals surface area (Å²) in [5.74, 6) is -0.440. The molecule has 110 valence electrons. The van der Waals surface area contributed by atoms with Crippen LogP contribution in [0, 0.1) is 17.0 Å². The van der Waals surface area contributed by atoms with Gasteiger partial charge in [0.15, 0.2) is 0 Å². The summed E-state index contributed by atoms with van der Waals surface area (Å²) < 4.78 is 0. The predicted molar refractivity (Wildman–Crippen MR) is 83.3 cm³/mol. The average molecular weight is 345 g/mol. The fourth-order valence-corrected chi connectivity index (χ4v) is 2.92. The summed E-state index contributed by atoms with van der Waals surface area (Å²) in [6.45, 7) is 2.30. The van der Waals surface area contributed by atoms with Crippen LogP contribution in [0.3, 0.4) is 0 Å². The van der Waals surface area contributed by atoms with Crippen LogP contribution in [-0.2, 0) is 6.54 Å². The van der Waals surface area contributed by atoms with Gasteiger partial charge >= 0.3 is 0 Å². The van der Waals surface area contributed by atoms with Gasteiger partial charge in [-0.25, -0.2) is 0 Å². The lowest BCUT2D eigenvalue weighted by Crippen LogP contribution is -2.22. The first-order valence-electron chi connectivity index (χ1n) is 5.84. The molecule has 0 unspecified atom stereocenters. The second kappa shape index (κ2) is 6.43. The Balaban J connectivity index is 2.20. The van der Waals surface area contributed by atoms with Crippen LogP contribution in [0.25, 0.3) is 0 Å². The Morgan fingerprint density at radius 1 is 1.43 bits per heavy atom. The van der Waals surface area contributed by atoms with E-state index in [4.69, 9.17) is 23.2 Å². The highest BCUT2D eigenvalue weighted by Crippen LogP contribution is 2.33. The van der Waals surface area contributed by atoms with Crippen molar-refractivity contribution in [1.82, 2.24) is 5.32 Å². The zero-order valence-corrected chi connectivity index (χ0v) is 13.2. The molecule has 0 aliphatic rings. The number of nitrogens with one attached hydrogen (secondary N) is 1. The van der Waals surface area contributed by atoms with E-state index in [1.165, 1.54) is 17.4 Å². The average Bonchev–Trinajstić information content (AvgIpc) is 2.84. The number of carbonyl (C=O) groups excluding carboxylic acids is 1. The van der Waals surface area contributed by atoms with Gasteiger partial charge in [0, 0.05) is 16.5 Å². The van der Waals surface area contributed by atoms with E-state index in [9.17, 15) is 14.9 Å². The number of carbonyl (C=O) groups is 1. The van der Waals surface area contributed by atoms with E-state index in [0.717, 1.165) is 16.5 Å². The summed E-state index contributed by atoms with van der Waals surface area (Å²) in [6.07, 6.45) is 0. The number of thiophene rings is 1. The number of hydrogen-bond acceptors (Lipinski definition) is 4. The number of benzene rings is 1. The van der Waals surface area contributed by atoms with Crippen molar-refractivity contribution < 1.29 is 9.72 Å². The molecule has 0 atom stereocenters. The molecule has 2 rings (SSSR count). The maximum absolute atomic E-state index is 12.1. The van der Waals surface area contributed by atoms with Gasteiger partial charge in [0.1, 0.15) is 5.02 Å². The number of aryl methyl sites for hydroxylation is 1. The van der Waals surface area contributed by atoms with Gasteiger partial charge in [0.25, 0.3) is 11.6 Å². The third-order valence-electron chi connectivity index (χ3n) is 2.85. The summed E-state index contributed by atoms with van der Waals surface area (Å²) in [6, 6.07) is 4.38. The number of amides is 1. The number of nitro benzene ring substituents is 1. The Labute approximate surface area is 134 Å². The second-order valence-corrected chi connectivity index (χ2v) is 6.04. The Kier molecular flexibility index (Phi) is 4.82. The molecule has 2 aromatic rings. The molecule has 0 aliphatic heterocycles. The lowest BCUT2D eigenvalue weighted by Gasteiger charge is -2.06. The lowest BCUT2D eigenvalue weighted by atomic mass is 10.2. The highest BCUT2D eigenvalue weighted by molar-refractivity contribution is 7.10. The molecule has 0 saturated heterocycles. The minimum Gasteiger partial charge on any atom is -0.347 e. The van der Waals surface area contributed by atoms with Crippen molar-refractivity contribution in [2.24, 2.45) is 0 Å². The highest BCUT2D eigenvalue weighted by Gasteiger charge is 2.20. The largest absolute Gasteiger partial charge is 0.347 e. The van der Waals surface area contributed by atoms with Gasteiger partial charge in [-0.2, -0.15) is 0 Å². The van der Waals surface area contributed by atoms with Crippen molar-refractivity contribution in [2.45, 2.75) is 13.5 Å². The molecule has 0 spiro atoms. The molecule has 0 aliphatic carbocycles. The molecule has 1 N–H and O–H groups in total. The van der Waals surface area contributed by atoms with E-state index in [-0.39, 0.29) is 21.3 Å². The van der Waals surface area contributed by atoms with Gasteiger partial charge in [-0.1, -0.05) is 23.2 Å². The predicted octanol–water partition coefficient (Wildman–Crippen LogP) is 4.20. The van der Waals surface area contributed by atoms with Crippen molar-refractivity contribution in [2.75, 3.05) is 0 Å². The van der Waals surface area contributed by atoms with E-state index in [2.05, 4.69) is 5.32 Å². The first kappa shape index (κ1) is 15.8. The van der Waals surface area contributed by atoms with Crippen LogP contribution in [0.2, 0.25) is 10.0 Å². The molecule has 1 aromatic heterocycles. The summed E-state index contributed by atoms with van der Waals surface area (Å²) in [7, 11) is 0. The van der Waals surface area contributed by atoms with Crippen LogP contribution in [0.5, 0.6) is 0 Å². The minimum absolute atomic E-state index is 0.0247. The number of halogens is 2. The molecule has 0 fully saturated rings. The van der Waals surface area contributed by atoms with Crippen LogP contribution in [0.1, 0.15) is 20.8 Å². The molecular formula is C13H10Cl2N2O3S. The van der Waals surface area contributed by atoms with Gasteiger partial charge in [-0.3, -0.25) is 14.9 Å². The fourth-order valence-electron chi connectivity index (χ4n) is 1.69. The molecule has 0 saturated carbocycles. The van der Waals surface area contributed by atoms with Gasteiger partial charge in [-0.15, -0.1) is 11.3 Å². The molecule has 1 amide bonds.